The van der Waals surface area contributed by atoms with Crippen molar-refractivity contribution in [3.05, 3.63) is 23.3 Å². The normalized spacial score (nSPS) is 21.4. The van der Waals surface area contributed by atoms with Gasteiger partial charge in [0.25, 0.3) is 0 Å². The fourth-order valence-corrected chi connectivity index (χ4v) is 3.31. The summed E-state index contributed by atoms with van der Waals surface area (Å²) >= 11 is 3.80. The topological polar surface area (TPSA) is 18.5 Å². The zero-order valence-electron chi connectivity index (χ0n) is 12.7. The molecule has 0 radical (unpaired) electrons. The van der Waals surface area contributed by atoms with E-state index < -0.39 is 0 Å². The second-order valence-corrected chi connectivity index (χ2v) is 6.68. The highest BCUT2D eigenvalue weighted by Gasteiger charge is 2.25. The van der Waals surface area contributed by atoms with Crippen LogP contribution < -0.4 is 9.47 Å². The van der Waals surface area contributed by atoms with Gasteiger partial charge in [0.2, 0.25) is 0 Å². The molecule has 0 aliphatic heterocycles. The van der Waals surface area contributed by atoms with E-state index in [4.69, 9.17) is 9.47 Å². The summed E-state index contributed by atoms with van der Waals surface area (Å²) in [4.78, 5) is 0.443. The van der Waals surface area contributed by atoms with Gasteiger partial charge in [0.15, 0.2) is 11.5 Å². The number of hydrogen-bond donors (Lipinski definition) is 0. The van der Waals surface area contributed by atoms with Crippen LogP contribution in [0, 0.1) is 0 Å². The van der Waals surface area contributed by atoms with E-state index in [0.717, 1.165) is 37.6 Å². The van der Waals surface area contributed by atoms with Crippen LogP contribution in [0.15, 0.2) is 12.1 Å². The Bertz CT molecular complexity index is 404. The number of benzene rings is 1. The zero-order valence-corrected chi connectivity index (χ0v) is 14.3. The minimum atomic E-state index is 0.443. The van der Waals surface area contributed by atoms with Crippen LogP contribution in [-0.2, 0) is 0 Å². The zero-order chi connectivity index (χ0) is 14.5. The van der Waals surface area contributed by atoms with E-state index in [9.17, 15) is 0 Å². The van der Waals surface area contributed by atoms with Crippen LogP contribution in [0.2, 0.25) is 0 Å². The SMILES string of the molecule is CCCOc1cc2c(cc1OCCC)C(Br)CCC2C. The van der Waals surface area contributed by atoms with Gasteiger partial charge in [0, 0.05) is 4.83 Å². The molecule has 1 aliphatic carbocycles. The molecule has 1 aromatic rings. The Labute approximate surface area is 131 Å². The molecule has 0 heterocycles. The van der Waals surface area contributed by atoms with Crippen LogP contribution >= 0.6 is 15.9 Å². The van der Waals surface area contributed by atoms with Crippen molar-refractivity contribution in [3.63, 3.8) is 0 Å². The molecule has 0 N–H and O–H groups in total. The molecule has 0 amide bonds. The van der Waals surface area contributed by atoms with Crippen molar-refractivity contribution >= 4 is 15.9 Å². The number of fused-ring (bicyclic) bond motifs is 1. The largest absolute Gasteiger partial charge is 0.490 e. The van der Waals surface area contributed by atoms with Crippen molar-refractivity contribution in [2.75, 3.05) is 13.2 Å². The summed E-state index contributed by atoms with van der Waals surface area (Å²) in [5, 5.41) is 0. The van der Waals surface area contributed by atoms with Crippen LogP contribution in [0.1, 0.15) is 68.3 Å². The van der Waals surface area contributed by atoms with Crippen LogP contribution in [0.5, 0.6) is 11.5 Å². The lowest BCUT2D eigenvalue weighted by atomic mass is 9.83. The van der Waals surface area contributed by atoms with Crippen LogP contribution in [0.25, 0.3) is 0 Å². The van der Waals surface area contributed by atoms with E-state index in [0.29, 0.717) is 10.7 Å². The molecule has 1 aromatic carbocycles. The van der Waals surface area contributed by atoms with Gasteiger partial charge in [-0.1, -0.05) is 36.7 Å². The van der Waals surface area contributed by atoms with Gasteiger partial charge < -0.3 is 9.47 Å². The van der Waals surface area contributed by atoms with Crippen molar-refractivity contribution < 1.29 is 9.47 Å². The van der Waals surface area contributed by atoms with E-state index in [1.807, 2.05) is 0 Å². The van der Waals surface area contributed by atoms with Gasteiger partial charge in [-0.15, -0.1) is 0 Å². The average Bonchev–Trinajstić information content (AvgIpc) is 2.46. The minimum absolute atomic E-state index is 0.443. The lowest BCUT2D eigenvalue weighted by Crippen LogP contribution is -2.11. The Morgan fingerprint density at radius 2 is 1.55 bits per heavy atom. The Balaban J connectivity index is 2.35. The number of ether oxygens (including phenoxy) is 2. The second kappa shape index (κ2) is 7.35. The first-order chi connectivity index (χ1) is 9.67. The third kappa shape index (κ3) is 3.49. The summed E-state index contributed by atoms with van der Waals surface area (Å²) in [6.07, 6.45) is 4.45. The molecule has 0 bridgehead atoms. The fourth-order valence-electron chi connectivity index (χ4n) is 2.65. The summed E-state index contributed by atoms with van der Waals surface area (Å²) < 4.78 is 11.8. The molecule has 0 saturated heterocycles. The summed E-state index contributed by atoms with van der Waals surface area (Å²) in [7, 11) is 0. The Hall–Kier alpha value is -0.700. The number of alkyl halides is 1. The second-order valence-electron chi connectivity index (χ2n) is 5.57. The first-order valence-electron chi connectivity index (χ1n) is 7.74. The summed E-state index contributed by atoms with van der Waals surface area (Å²) in [5.41, 5.74) is 2.78. The molecule has 2 nitrogen and oxygen atoms in total. The third-order valence-electron chi connectivity index (χ3n) is 3.79. The number of rotatable bonds is 6. The molecule has 3 heteroatoms. The molecule has 112 valence electrons. The van der Waals surface area contributed by atoms with Gasteiger partial charge in [-0.25, -0.2) is 0 Å². The van der Waals surface area contributed by atoms with E-state index in [2.05, 4.69) is 48.8 Å². The third-order valence-corrected chi connectivity index (χ3v) is 4.75. The molecule has 1 aliphatic rings. The highest BCUT2D eigenvalue weighted by atomic mass is 79.9. The molecule has 0 fully saturated rings. The molecule has 0 spiro atoms. The van der Waals surface area contributed by atoms with E-state index in [1.165, 1.54) is 24.0 Å². The van der Waals surface area contributed by atoms with Gasteiger partial charge in [-0.05, 0) is 54.9 Å². The molecular weight excluding hydrogens is 316 g/mol. The average molecular weight is 341 g/mol. The number of halogens is 1. The van der Waals surface area contributed by atoms with E-state index >= 15 is 0 Å². The number of hydrogen-bond acceptors (Lipinski definition) is 2. The molecule has 20 heavy (non-hydrogen) atoms. The predicted octanol–water partition coefficient (Wildman–Crippen LogP) is 5.60. The molecular formula is C17H25BrO2. The van der Waals surface area contributed by atoms with Crippen molar-refractivity contribution in [3.8, 4) is 11.5 Å². The maximum Gasteiger partial charge on any atom is 0.161 e. The monoisotopic (exact) mass is 340 g/mol. The minimum Gasteiger partial charge on any atom is -0.490 e. The fraction of sp³-hybridized carbons (Fsp3) is 0.647. The molecule has 2 rings (SSSR count). The maximum atomic E-state index is 5.89. The quantitative estimate of drug-likeness (QED) is 0.627. The van der Waals surface area contributed by atoms with E-state index in [-0.39, 0.29) is 0 Å². The Morgan fingerprint density at radius 1 is 1.00 bits per heavy atom. The Kier molecular flexibility index (Phi) is 5.76. The standard InChI is InChI=1S/C17H25BrO2/c1-4-8-19-16-10-13-12(3)6-7-15(18)14(13)11-17(16)20-9-5-2/h10-12,15H,4-9H2,1-3H3. The highest BCUT2D eigenvalue weighted by molar-refractivity contribution is 9.09. The van der Waals surface area contributed by atoms with Gasteiger partial charge in [-0.3, -0.25) is 0 Å². The smallest absolute Gasteiger partial charge is 0.161 e. The summed E-state index contributed by atoms with van der Waals surface area (Å²) in [6.45, 7) is 8.04. The van der Waals surface area contributed by atoms with Crippen LogP contribution in [-0.4, -0.2) is 13.2 Å². The van der Waals surface area contributed by atoms with Crippen LogP contribution in [0.3, 0.4) is 0 Å². The molecule has 0 saturated carbocycles. The Morgan fingerprint density at radius 3 is 2.10 bits per heavy atom. The van der Waals surface area contributed by atoms with Gasteiger partial charge >= 0.3 is 0 Å². The van der Waals surface area contributed by atoms with Crippen molar-refractivity contribution in [1.29, 1.82) is 0 Å². The van der Waals surface area contributed by atoms with Crippen molar-refractivity contribution in [2.24, 2.45) is 0 Å². The lowest BCUT2D eigenvalue weighted by molar-refractivity contribution is 0.267. The van der Waals surface area contributed by atoms with Gasteiger partial charge in [0.05, 0.1) is 13.2 Å². The van der Waals surface area contributed by atoms with E-state index in [1.54, 1.807) is 0 Å². The molecule has 0 aromatic heterocycles. The molecule has 2 atom stereocenters. The highest BCUT2D eigenvalue weighted by Crippen LogP contribution is 2.46. The van der Waals surface area contributed by atoms with Crippen molar-refractivity contribution in [2.45, 2.75) is 57.2 Å². The van der Waals surface area contributed by atoms with Crippen molar-refractivity contribution in [1.82, 2.24) is 0 Å². The van der Waals surface area contributed by atoms with Crippen LogP contribution in [0.4, 0.5) is 0 Å². The lowest BCUT2D eigenvalue weighted by Gasteiger charge is -2.28. The predicted molar refractivity (Wildman–Crippen MR) is 87.3 cm³/mol. The first-order valence-corrected chi connectivity index (χ1v) is 8.66. The summed E-state index contributed by atoms with van der Waals surface area (Å²) in [5.74, 6) is 2.41. The molecule has 2 unspecified atom stereocenters. The maximum absolute atomic E-state index is 5.89. The summed E-state index contributed by atoms with van der Waals surface area (Å²) in [6, 6.07) is 4.39. The van der Waals surface area contributed by atoms with Gasteiger partial charge in [-0.2, -0.15) is 0 Å². The van der Waals surface area contributed by atoms with Gasteiger partial charge in [0.1, 0.15) is 0 Å². The first kappa shape index (κ1) is 15.7.